The molecule has 1 unspecified atom stereocenters. The van der Waals surface area contributed by atoms with Crippen LogP contribution >= 0.6 is 11.9 Å². The Bertz CT molecular complexity index is 847. The van der Waals surface area contributed by atoms with Gasteiger partial charge in [-0.25, -0.2) is 4.98 Å². The molecule has 0 saturated carbocycles. The first kappa shape index (κ1) is 15.8. The molecule has 1 aromatic heterocycles. The first-order valence-corrected chi connectivity index (χ1v) is 9.68. The van der Waals surface area contributed by atoms with Gasteiger partial charge in [-0.3, -0.25) is 9.80 Å². The standard InChI is InChI=1S/C18H21N7S/c19-13-4-3-7-20-17(13)24-10-8-23(9-11-24)12-16-22-26-18-21-14-5-1-2-6-15(14)25(16)18/h1-7,18,21H,8-12,19H2. The van der Waals surface area contributed by atoms with Crippen molar-refractivity contribution in [2.45, 2.75) is 5.50 Å². The average molecular weight is 367 g/mol. The quantitative estimate of drug-likeness (QED) is 0.805. The third-order valence-corrected chi connectivity index (χ3v) is 5.91. The summed E-state index contributed by atoms with van der Waals surface area (Å²) in [5.41, 5.74) is 9.42. The lowest BCUT2D eigenvalue weighted by molar-refractivity contribution is 0.290. The summed E-state index contributed by atoms with van der Waals surface area (Å²) in [4.78, 5) is 11.5. The van der Waals surface area contributed by atoms with Crippen molar-refractivity contribution < 1.29 is 0 Å². The van der Waals surface area contributed by atoms with Gasteiger partial charge in [-0.2, -0.15) is 4.40 Å². The minimum Gasteiger partial charge on any atom is -0.396 e. The van der Waals surface area contributed by atoms with Crippen LogP contribution in [0.2, 0.25) is 0 Å². The maximum Gasteiger partial charge on any atom is 0.175 e. The second kappa shape index (κ2) is 6.37. The van der Waals surface area contributed by atoms with Crippen LogP contribution in [0.15, 0.2) is 47.0 Å². The van der Waals surface area contributed by atoms with E-state index in [1.54, 1.807) is 18.1 Å². The second-order valence-electron chi connectivity index (χ2n) is 6.68. The smallest absolute Gasteiger partial charge is 0.175 e. The zero-order chi connectivity index (χ0) is 17.5. The van der Waals surface area contributed by atoms with Crippen LogP contribution in [-0.4, -0.2) is 53.9 Å². The summed E-state index contributed by atoms with van der Waals surface area (Å²) in [6, 6.07) is 12.2. The van der Waals surface area contributed by atoms with Crippen molar-refractivity contribution in [2.24, 2.45) is 4.40 Å². The first-order chi connectivity index (χ1) is 12.8. The maximum absolute atomic E-state index is 6.07. The first-order valence-electron chi connectivity index (χ1n) is 8.85. The van der Waals surface area contributed by atoms with Crippen molar-refractivity contribution >= 4 is 40.7 Å². The van der Waals surface area contributed by atoms with Gasteiger partial charge in [0.1, 0.15) is 5.84 Å². The van der Waals surface area contributed by atoms with Crippen LogP contribution < -0.4 is 20.9 Å². The number of nitrogen functional groups attached to an aromatic ring is 1. The summed E-state index contributed by atoms with van der Waals surface area (Å²) in [6.07, 6.45) is 1.81. The Balaban J connectivity index is 1.24. The van der Waals surface area contributed by atoms with Gasteiger partial charge in [-0.1, -0.05) is 12.1 Å². The van der Waals surface area contributed by atoms with Crippen molar-refractivity contribution in [3.63, 3.8) is 0 Å². The molecule has 0 amide bonds. The van der Waals surface area contributed by atoms with E-state index in [0.717, 1.165) is 50.1 Å². The molecular formula is C18H21N7S. The highest BCUT2D eigenvalue weighted by Crippen LogP contribution is 2.42. The zero-order valence-corrected chi connectivity index (χ0v) is 15.2. The lowest BCUT2D eigenvalue weighted by Crippen LogP contribution is -2.50. The minimum absolute atomic E-state index is 0.192. The van der Waals surface area contributed by atoms with Crippen LogP contribution in [0.1, 0.15) is 0 Å². The SMILES string of the molecule is Nc1cccnc1N1CCN(CC2=NSC3Nc4ccccc4N23)CC1. The van der Waals surface area contributed by atoms with E-state index in [-0.39, 0.29) is 5.50 Å². The van der Waals surface area contributed by atoms with E-state index in [2.05, 4.69) is 49.3 Å². The predicted molar refractivity (Wildman–Crippen MR) is 109 cm³/mol. The topological polar surface area (TPSA) is 73.0 Å². The molecule has 8 heteroatoms. The number of benzene rings is 1. The Morgan fingerprint density at radius 1 is 1.12 bits per heavy atom. The van der Waals surface area contributed by atoms with Gasteiger partial charge in [0.2, 0.25) is 0 Å². The number of hydrogen-bond donors (Lipinski definition) is 2. The molecule has 0 aliphatic carbocycles. The molecule has 1 atom stereocenters. The molecule has 2 aromatic rings. The number of pyridine rings is 1. The fourth-order valence-corrected chi connectivity index (χ4v) is 4.61. The molecule has 1 saturated heterocycles. The predicted octanol–water partition coefficient (Wildman–Crippen LogP) is 2.06. The molecule has 1 fully saturated rings. The number of nitrogens with two attached hydrogens (primary N) is 1. The molecule has 4 heterocycles. The molecule has 1 aromatic carbocycles. The number of para-hydroxylation sites is 2. The Kier molecular flexibility index (Phi) is 3.86. The molecule has 0 radical (unpaired) electrons. The maximum atomic E-state index is 6.07. The number of nitrogens with one attached hydrogen (secondary N) is 1. The number of anilines is 4. The molecule has 3 N–H and O–H groups in total. The average Bonchev–Trinajstić information content (AvgIpc) is 3.23. The second-order valence-corrected chi connectivity index (χ2v) is 7.52. The number of fused-ring (bicyclic) bond motifs is 3. The molecule has 26 heavy (non-hydrogen) atoms. The summed E-state index contributed by atoms with van der Waals surface area (Å²) in [5.74, 6) is 2.03. The van der Waals surface area contributed by atoms with Gasteiger partial charge >= 0.3 is 0 Å². The minimum atomic E-state index is 0.192. The third kappa shape index (κ3) is 2.65. The number of rotatable bonds is 3. The number of nitrogens with zero attached hydrogens (tertiary/aromatic N) is 5. The molecular weight excluding hydrogens is 346 g/mol. The van der Waals surface area contributed by atoms with Crippen molar-refractivity contribution in [2.75, 3.05) is 53.6 Å². The van der Waals surface area contributed by atoms with Crippen LogP contribution in [0.25, 0.3) is 0 Å². The van der Waals surface area contributed by atoms with E-state index in [1.165, 1.54) is 11.4 Å². The number of aromatic nitrogens is 1. The van der Waals surface area contributed by atoms with Gasteiger partial charge in [-0.15, -0.1) is 0 Å². The Hall–Kier alpha value is -2.45. The summed E-state index contributed by atoms with van der Waals surface area (Å²) < 4.78 is 4.71. The van der Waals surface area contributed by atoms with Gasteiger partial charge in [0.25, 0.3) is 0 Å². The molecule has 3 aliphatic rings. The van der Waals surface area contributed by atoms with Gasteiger partial charge in [-0.05, 0) is 24.3 Å². The molecule has 0 bridgehead atoms. The summed E-state index contributed by atoms with van der Waals surface area (Å²) in [6.45, 7) is 4.69. The van der Waals surface area contributed by atoms with Crippen molar-refractivity contribution in [1.82, 2.24) is 9.88 Å². The van der Waals surface area contributed by atoms with Gasteiger partial charge in [0.05, 0.1) is 23.6 Å². The monoisotopic (exact) mass is 367 g/mol. The van der Waals surface area contributed by atoms with E-state index in [4.69, 9.17) is 10.1 Å². The highest BCUT2D eigenvalue weighted by molar-refractivity contribution is 7.99. The van der Waals surface area contributed by atoms with Gasteiger partial charge in [0, 0.05) is 44.3 Å². The highest BCUT2D eigenvalue weighted by atomic mass is 32.2. The van der Waals surface area contributed by atoms with E-state index in [9.17, 15) is 0 Å². The van der Waals surface area contributed by atoms with Gasteiger partial charge in [0.15, 0.2) is 11.3 Å². The molecule has 5 rings (SSSR count). The van der Waals surface area contributed by atoms with Crippen molar-refractivity contribution in [1.29, 1.82) is 0 Å². The Morgan fingerprint density at radius 2 is 1.96 bits per heavy atom. The summed E-state index contributed by atoms with van der Waals surface area (Å²) in [7, 11) is 0. The van der Waals surface area contributed by atoms with E-state index < -0.39 is 0 Å². The Labute approximate surface area is 157 Å². The van der Waals surface area contributed by atoms with Crippen LogP contribution in [0.4, 0.5) is 22.9 Å². The van der Waals surface area contributed by atoms with Crippen LogP contribution in [0.3, 0.4) is 0 Å². The fourth-order valence-electron chi connectivity index (χ4n) is 3.73. The fraction of sp³-hybridized carbons (Fsp3) is 0.333. The van der Waals surface area contributed by atoms with Crippen LogP contribution in [0.5, 0.6) is 0 Å². The zero-order valence-electron chi connectivity index (χ0n) is 14.4. The van der Waals surface area contributed by atoms with Crippen molar-refractivity contribution in [3.8, 4) is 0 Å². The van der Waals surface area contributed by atoms with E-state index >= 15 is 0 Å². The third-order valence-electron chi connectivity index (χ3n) is 5.07. The van der Waals surface area contributed by atoms with Crippen molar-refractivity contribution in [3.05, 3.63) is 42.6 Å². The van der Waals surface area contributed by atoms with Gasteiger partial charge < -0.3 is 16.0 Å². The number of amidine groups is 1. The van der Waals surface area contributed by atoms with Crippen LogP contribution in [0, 0.1) is 0 Å². The molecule has 134 valence electrons. The van der Waals surface area contributed by atoms with E-state index in [1.807, 2.05) is 12.1 Å². The molecule has 3 aliphatic heterocycles. The number of piperazine rings is 1. The lowest BCUT2D eigenvalue weighted by Gasteiger charge is -2.36. The highest BCUT2D eigenvalue weighted by Gasteiger charge is 2.37. The van der Waals surface area contributed by atoms with Crippen LogP contribution in [-0.2, 0) is 0 Å². The number of hydrogen-bond acceptors (Lipinski definition) is 8. The Morgan fingerprint density at radius 3 is 2.81 bits per heavy atom. The molecule has 7 nitrogen and oxygen atoms in total. The largest absolute Gasteiger partial charge is 0.396 e. The summed E-state index contributed by atoms with van der Waals surface area (Å²) in [5, 5.41) is 3.52. The molecule has 0 spiro atoms. The lowest BCUT2D eigenvalue weighted by atomic mass is 10.2. The van der Waals surface area contributed by atoms with E-state index in [0.29, 0.717) is 0 Å². The summed E-state index contributed by atoms with van der Waals surface area (Å²) >= 11 is 1.60. The normalized spacial score (nSPS) is 22.0.